The number of rotatable bonds is 4. The molecule has 2 aliphatic rings. The molecule has 26 heavy (non-hydrogen) atoms. The standard InChI is InChI=1S/C19H20N4O3/c24-18(15-5-3-7-20-17(15)23-9-12-25-13-10-23)22-16-6-2-1-4-14(16)19-21-8-11-26-19/h1-7H,8-13H2,(H,22,24). The number of carbonyl (C=O) groups excluding carboxylic acids is 1. The zero-order valence-corrected chi connectivity index (χ0v) is 14.4. The fourth-order valence-electron chi connectivity index (χ4n) is 3.07. The van der Waals surface area contributed by atoms with Gasteiger partial charge in [-0.3, -0.25) is 4.79 Å². The van der Waals surface area contributed by atoms with Crippen LogP contribution in [0.3, 0.4) is 0 Å². The van der Waals surface area contributed by atoms with E-state index in [0.29, 0.717) is 49.3 Å². The minimum Gasteiger partial charge on any atom is -0.475 e. The fourth-order valence-corrected chi connectivity index (χ4v) is 3.07. The zero-order chi connectivity index (χ0) is 17.8. The molecule has 0 radical (unpaired) electrons. The molecule has 0 bridgehead atoms. The van der Waals surface area contributed by atoms with Gasteiger partial charge >= 0.3 is 0 Å². The van der Waals surface area contributed by atoms with Crippen molar-refractivity contribution >= 4 is 23.3 Å². The van der Waals surface area contributed by atoms with Gasteiger partial charge in [0.2, 0.25) is 5.90 Å². The molecule has 7 heteroatoms. The Morgan fingerprint density at radius 2 is 1.92 bits per heavy atom. The third-order valence-electron chi connectivity index (χ3n) is 4.33. The Hall–Kier alpha value is -2.93. The van der Waals surface area contributed by atoms with Crippen LogP contribution in [0, 0.1) is 0 Å². The van der Waals surface area contributed by atoms with Crippen LogP contribution in [0.25, 0.3) is 0 Å². The lowest BCUT2D eigenvalue weighted by Gasteiger charge is -2.29. The molecular weight excluding hydrogens is 332 g/mol. The van der Waals surface area contributed by atoms with Gasteiger partial charge in [-0.1, -0.05) is 12.1 Å². The van der Waals surface area contributed by atoms with Crippen LogP contribution >= 0.6 is 0 Å². The number of ether oxygens (including phenoxy) is 2. The number of aliphatic imine (C=N–C) groups is 1. The molecule has 1 saturated heterocycles. The van der Waals surface area contributed by atoms with Crippen LogP contribution in [0.15, 0.2) is 47.6 Å². The molecular formula is C19H20N4O3. The van der Waals surface area contributed by atoms with Crippen LogP contribution < -0.4 is 10.2 Å². The van der Waals surface area contributed by atoms with Crippen molar-refractivity contribution in [1.29, 1.82) is 0 Å². The van der Waals surface area contributed by atoms with Crippen molar-refractivity contribution in [2.24, 2.45) is 4.99 Å². The third-order valence-corrected chi connectivity index (χ3v) is 4.33. The maximum atomic E-state index is 13.0. The van der Waals surface area contributed by atoms with Gasteiger partial charge in [-0.05, 0) is 24.3 Å². The first-order chi connectivity index (χ1) is 12.8. The first-order valence-electron chi connectivity index (χ1n) is 8.68. The number of amides is 1. The van der Waals surface area contributed by atoms with Crippen molar-refractivity contribution < 1.29 is 14.3 Å². The molecule has 0 atom stereocenters. The molecule has 1 amide bonds. The number of pyridine rings is 1. The number of carbonyl (C=O) groups is 1. The number of hydrogen-bond acceptors (Lipinski definition) is 6. The second kappa shape index (κ2) is 7.53. The Morgan fingerprint density at radius 3 is 2.73 bits per heavy atom. The summed E-state index contributed by atoms with van der Waals surface area (Å²) >= 11 is 0. The summed E-state index contributed by atoms with van der Waals surface area (Å²) in [5.41, 5.74) is 2.00. The normalized spacial score (nSPS) is 16.8. The minimum atomic E-state index is -0.203. The van der Waals surface area contributed by atoms with Crippen molar-refractivity contribution in [3.63, 3.8) is 0 Å². The summed E-state index contributed by atoms with van der Waals surface area (Å²) in [6.07, 6.45) is 1.70. The average molecular weight is 352 g/mol. The van der Waals surface area contributed by atoms with Crippen LogP contribution in [0.2, 0.25) is 0 Å². The fraction of sp³-hybridized carbons (Fsp3) is 0.316. The van der Waals surface area contributed by atoms with Crippen molar-refractivity contribution in [3.05, 3.63) is 53.7 Å². The van der Waals surface area contributed by atoms with Crippen molar-refractivity contribution in [2.75, 3.05) is 49.7 Å². The molecule has 2 aliphatic heterocycles. The molecule has 0 spiro atoms. The van der Waals surface area contributed by atoms with Gasteiger partial charge in [-0.2, -0.15) is 0 Å². The number of para-hydroxylation sites is 1. The predicted molar refractivity (Wildman–Crippen MR) is 99.0 cm³/mol. The number of hydrogen-bond donors (Lipinski definition) is 1. The summed E-state index contributed by atoms with van der Waals surface area (Å²) in [6, 6.07) is 11.1. The smallest absolute Gasteiger partial charge is 0.259 e. The second-order valence-electron chi connectivity index (χ2n) is 6.01. The second-order valence-corrected chi connectivity index (χ2v) is 6.01. The van der Waals surface area contributed by atoms with Crippen LogP contribution in [0.5, 0.6) is 0 Å². The van der Waals surface area contributed by atoms with E-state index in [9.17, 15) is 4.79 Å². The first kappa shape index (κ1) is 16.5. The molecule has 134 valence electrons. The van der Waals surface area contributed by atoms with Crippen molar-refractivity contribution in [3.8, 4) is 0 Å². The molecule has 0 aliphatic carbocycles. The van der Waals surface area contributed by atoms with Gasteiger partial charge in [0.05, 0.1) is 36.6 Å². The molecule has 4 rings (SSSR count). The highest BCUT2D eigenvalue weighted by Gasteiger charge is 2.21. The van der Waals surface area contributed by atoms with E-state index in [1.165, 1.54) is 0 Å². The summed E-state index contributed by atoms with van der Waals surface area (Å²) in [5, 5.41) is 2.99. The van der Waals surface area contributed by atoms with Gasteiger partial charge in [0, 0.05) is 19.3 Å². The van der Waals surface area contributed by atoms with E-state index in [-0.39, 0.29) is 5.91 Å². The average Bonchev–Trinajstić information content (AvgIpc) is 3.24. The maximum Gasteiger partial charge on any atom is 0.259 e. The quantitative estimate of drug-likeness (QED) is 0.910. The summed E-state index contributed by atoms with van der Waals surface area (Å²) in [7, 11) is 0. The van der Waals surface area contributed by atoms with E-state index in [1.54, 1.807) is 18.3 Å². The van der Waals surface area contributed by atoms with E-state index in [0.717, 1.165) is 18.7 Å². The Kier molecular flexibility index (Phi) is 4.79. The lowest BCUT2D eigenvalue weighted by Crippen LogP contribution is -2.38. The molecule has 1 N–H and O–H groups in total. The molecule has 3 heterocycles. The van der Waals surface area contributed by atoms with Gasteiger partial charge in [-0.15, -0.1) is 0 Å². The lowest BCUT2D eigenvalue weighted by atomic mass is 10.1. The highest BCUT2D eigenvalue weighted by molar-refractivity contribution is 6.11. The van der Waals surface area contributed by atoms with E-state index >= 15 is 0 Å². The van der Waals surface area contributed by atoms with Crippen LogP contribution in [-0.4, -0.2) is 56.2 Å². The van der Waals surface area contributed by atoms with E-state index in [2.05, 4.69) is 20.2 Å². The van der Waals surface area contributed by atoms with Crippen molar-refractivity contribution in [2.45, 2.75) is 0 Å². The van der Waals surface area contributed by atoms with Gasteiger partial charge in [0.1, 0.15) is 12.4 Å². The van der Waals surface area contributed by atoms with E-state index < -0.39 is 0 Å². The zero-order valence-electron chi connectivity index (χ0n) is 14.4. The van der Waals surface area contributed by atoms with E-state index in [4.69, 9.17) is 9.47 Å². The number of nitrogens with zero attached hydrogens (tertiary/aromatic N) is 3. The minimum absolute atomic E-state index is 0.203. The van der Waals surface area contributed by atoms with E-state index in [1.807, 2.05) is 24.3 Å². The molecule has 2 aromatic rings. The Labute approximate surface area is 151 Å². The molecule has 0 saturated carbocycles. The summed E-state index contributed by atoms with van der Waals surface area (Å²) < 4.78 is 10.9. The third kappa shape index (κ3) is 3.39. The number of morpholine rings is 1. The summed E-state index contributed by atoms with van der Waals surface area (Å²) in [6.45, 7) is 3.93. The monoisotopic (exact) mass is 352 g/mol. The Bertz CT molecular complexity index is 831. The molecule has 1 aromatic heterocycles. The van der Waals surface area contributed by atoms with Crippen LogP contribution in [0.1, 0.15) is 15.9 Å². The number of anilines is 2. The Morgan fingerprint density at radius 1 is 1.08 bits per heavy atom. The largest absolute Gasteiger partial charge is 0.475 e. The van der Waals surface area contributed by atoms with Gasteiger partial charge in [0.25, 0.3) is 5.91 Å². The van der Waals surface area contributed by atoms with Crippen LogP contribution in [0.4, 0.5) is 11.5 Å². The van der Waals surface area contributed by atoms with Crippen molar-refractivity contribution in [1.82, 2.24) is 4.98 Å². The number of nitrogens with one attached hydrogen (secondary N) is 1. The number of benzene rings is 1. The molecule has 1 fully saturated rings. The highest BCUT2D eigenvalue weighted by Crippen LogP contribution is 2.23. The highest BCUT2D eigenvalue weighted by atomic mass is 16.5. The molecule has 0 unspecified atom stereocenters. The summed E-state index contributed by atoms with van der Waals surface area (Å²) in [4.78, 5) is 23.8. The van der Waals surface area contributed by atoms with Crippen LogP contribution in [-0.2, 0) is 9.47 Å². The summed E-state index contributed by atoms with van der Waals surface area (Å²) in [5.74, 6) is 1.05. The molecule has 7 nitrogen and oxygen atoms in total. The van der Waals surface area contributed by atoms with Gasteiger partial charge < -0.3 is 19.7 Å². The maximum absolute atomic E-state index is 13.0. The first-order valence-corrected chi connectivity index (χ1v) is 8.68. The number of aromatic nitrogens is 1. The van der Waals surface area contributed by atoms with Gasteiger partial charge in [0.15, 0.2) is 0 Å². The predicted octanol–water partition coefficient (Wildman–Crippen LogP) is 1.95. The molecule has 1 aromatic carbocycles. The SMILES string of the molecule is O=C(Nc1ccccc1C1=NCCO1)c1cccnc1N1CCOCC1. The lowest BCUT2D eigenvalue weighted by molar-refractivity contribution is 0.102. The Balaban J connectivity index is 1.60. The van der Waals surface area contributed by atoms with Gasteiger partial charge in [-0.25, -0.2) is 9.98 Å². The topological polar surface area (TPSA) is 76.0 Å².